The lowest BCUT2D eigenvalue weighted by molar-refractivity contribution is -0.149. The van der Waals surface area contributed by atoms with Gasteiger partial charge in [-0.2, -0.15) is 5.10 Å². The molecule has 1 N–H and O–H groups in total. The number of hydrogen-bond donors (Lipinski definition) is 1. The molecule has 2 rings (SSSR count). The summed E-state index contributed by atoms with van der Waals surface area (Å²) in [7, 11) is 0. The smallest absolute Gasteiger partial charge is 0.308 e. The van der Waals surface area contributed by atoms with E-state index in [2.05, 4.69) is 17.0 Å². The second-order valence-corrected chi connectivity index (χ2v) is 5.19. The maximum absolute atomic E-state index is 11.7. The Kier molecular flexibility index (Phi) is 5.35. The lowest BCUT2D eigenvalue weighted by Crippen LogP contribution is -2.35. The van der Waals surface area contributed by atoms with Gasteiger partial charge in [-0.05, 0) is 32.6 Å². The average molecular weight is 277 g/mol. The van der Waals surface area contributed by atoms with Crippen molar-refractivity contribution in [3.05, 3.63) is 24.5 Å². The highest BCUT2D eigenvalue weighted by atomic mass is 16.5. The zero-order valence-corrected chi connectivity index (χ0v) is 12.0. The van der Waals surface area contributed by atoms with E-state index in [1.54, 1.807) is 10.9 Å². The van der Waals surface area contributed by atoms with E-state index in [9.17, 15) is 4.79 Å². The molecule has 1 heterocycles. The second-order valence-electron chi connectivity index (χ2n) is 5.19. The highest BCUT2D eigenvalue weighted by Crippen LogP contribution is 2.25. The third-order valence-corrected chi connectivity index (χ3v) is 3.78. The monoisotopic (exact) mass is 277 g/mol. The summed E-state index contributed by atoms with van der Waals surface area (Å²) in [5.74, 6) is 0.0646. The Labute approximate surface area is 120 Å². The maximum Gasteiger partial charge on any atom is 0.308 e. The van der Waals surface area contributed by atoms with Crippen molar-refractivity contribution >= 4 is 12.2 Å². The van der Waals surface area contributed by atoms with Gasteiger partial charge < -0.3 is 10.1 Å². The van der Waals surface area contributed by atoms with Gasteiger partial charge in [0.15, 0.2) is 0 Å². The molecule has 1 aliphatic rings. The normalized spacial score (nSPS) is 22.4. The van der Waals surface area contributed by atoms with Crippen molar-refractivity contribution in [2.24, 2.45) is 5.92 Å². The highest BCUT2D eigenvalue weighted by Gasteiger charge is 2.26. The van der Waals surface area contributed by atoms with E-state index in [0.29, 0.717) is 12.6 Å². The van der Waals surface area contributed by atoms with E-state index < -0.39 is 0 Å². The van der Waals surface area contributed by atoms with E-state index in [-0.39, 0.29) is 11.9 Å². The molecule has 0 amide bonds. The largest absolute Gasteiger partial charge is 0.466 e. The van der Waals surface area contributed by atoms with Crippen LogP contribution in [0.3, 0.4) is 0 Å². The predicted octanol–water partition coefficient (Wildman–Crippen LogP) is 2.20. The van der Waals surface area contributed by atoms with Gasteiger partial charge in [0.25, 0.3) is 0 Å². The first kappa shape index (κ1) is 14.8. The highest BCUT2D eigenvalue weighted by molar-refractivity contribution is 5.72. The van der Waals surface area contributed by atoms with Crippen LogP contribution in [0.4, 0.5) is 0 Å². The van der Waals surface area contributed by atoms with Crippen LogP contribution in [-0.4, -0.2) is 28.4 Å². The minimum absolute atomic E-state index is 0.0294. The lowest BCUT2D eigenvalue weighted by Gasteiger charge is -2.27. The van der Waals surface area contributed by atoms with Gasteiger partial charge >= 0.3 is 5.97 Å². The standard InChI is InChI=1S/C15H23N3O2/c1-3-18-11-12(10-17-18)9-16-14-7-5-13(6-8-14)15(19)20-4-2/h3,10-11,13-14,16H,1,4-9H2,2H3. The van der Waals surface area contributed by atoms with Crippen molar-refractivity contribution in [3.8, 4) is 0 Å². The number of aromatic nitrogens is 2. The summed E-state index contributed by atoms with van der Waals surface area (Å²) in [4.78, 5) is 11.7. The lowest BCUT2D eigenvalue weighted by atomic mass is 9.86. The van der Waals surface area contributed by atoms with Crippen molar-refractivity contribution in [3.63, 3.8) is 0 Å². The zero-order valence-electron chi connectivity index (χ0n) is 12.0. The van der Waals surface area contributed by atoms with E-state index in [1.165, 1.54) is 0 Å². The SMILES string of the molecule is C=Cn1cc(CNC2CCC(C(=O)OCC)CC2)cn1. The van der Waals surface area contributed by atoms with E-state index in [0.717, 1.165) is 37.8 Å². The minimum atomic E-state index is -0.0294. The number of rotatable bonds is 6. The predicted molar refractivity (Wildman–Crippen MR) is 77.8 cm³/mol. The third-order valence-electron chi connectivity index (χ3n) is 3.78. The summed E-state index contributed by atoms with van der Waals surface area (Å²) in [5, 5.41) is 7.68. The van der Waals surface area contributed by atoms with Gasteiger partial charge in [-0.3, -0.25) is 4.79 Å². The number of hydrogen-bond acceptors (Lipinski definition) is 4. The Hall–Kier alpha value is -1.62. The summed E-state index contributed by atoms with van der Waals surface area (Å²) in [6.45, 7) is 6.81. The van der Waals surface area contributed by atoms with E-state index in [4.69, 9.17) is 4.74 Å². The molecule has 0 aromatic carbocycles. The molecular weight excluding hydrogens is 254 g/mol. The van der Waals surface area contributed by atoms with Crippen molar-refractivity contribution in [2.45, 2.75) is 45.2 Å². The van der Waals surface area contributed by atoms with Gasteiger partial charge in [0.05, 0.1) is 18.7 Å². The van der Waals surface area contributed by atoms with E-state index >= 15 is 0 Å². The van der Waals surface area contributed by atoms with Crippen molar-refractivity contribution in [1.29, 1.82) is 0 Å². The van der Waals surface area contributed by atoms with Crippen molar-refractivity contribution in [2.75, 3.05) is 6.61 Å². The fourth-order valence-corrected chi connectivity index (χ4v) is 2.62. The molecule has 110 valence electrons. The molecule has 0 atom stereocenters. The van der Waals surface area contributed by atoms with Crippen LogP contribution in [0.5, 0.6) is 0 Å². The molecule has 5 nitrogen and oxygen atoms in total. The minimum Gasteiger partial charge on any atom is -0.466 e. The number of carbonyl (C=O) groups is 1. The molecule has 20 heavy (non-hydrogen) atoms. The molecule has 0 bridgehead atoms. The number of nitrogens with one attached hydrogen (secondary N) is 1. The zero-order chi connectivity index (χ0) is 14.4. The van der Waals surface area contributed by atoms with Crippen LogP contribution in [0.25, 0.3) is 6.20 Å². The van der Waals surface area contributed by atoms with Crippen molar-refractivity contribution < 1.29 is 9.53 Å². The fourth-order valence-electron chi connectivity index (χ4n) is 2.62. The first-order chi connectivity index (χ1) is 9.72. The van der Waals surface area contributed by atoms with E-state index in [1.807, 2.05) is 19.3 Å². The van der Waals surface area contributed by atoms with Gasteiger partial charge in [-0.15, -0.1) is 0 Å². The van der Waals surface area contributed by atoms with Gasteiger partial charge in [-0.25, -0.2) is 4.68 Å². The first-order valence-corrected chi connectivity index (χ1v) is 7.28. The van der Waals surface area contributed by atoms with Crippen LogP contribution < -0.4 is 5.32 Å². The average Bonchev–Trinajstić information content (AvgIpc) is 2.94. The fraction of sp³-hybridized carbons (Fsp3) is 0.600. The Morgan fingerprint density at radius 1 is 1.55 bits per heavy atom. The van der Waals surface area contributed by atoms with Crippen LogP contribution in [0.1, 0.15) is 38.2 Å². The van der Waals surface area contributed by atoms with Crippen LogP contribution in [0, 0.1) is 5.92 Å². The van der Waals surface area contributed by atoms with Crippen molar-refractivity contribution in [1.82, 2.24) is 15.1 Å². The Balaban J connectivity index is 1.71. The van der Waals surface area contributed by atoms with Crippen LogP contribution in [0.2, 0.25) is 0 Å². The molecule has 1 aromatic rings. The molecule has 1 aliphatic carbocycles. The number of esters is 1. The maximum atomic E-state index is 11.7. The molecular formula is C15H23N3O2. The van der Waals surface area contributed by atoms with Crippen LogP contribution in [-0.2, 0) is 16.1 Å². The summed E-state index contributed by atoms with van der Waals surface area (Å²) in [6.07, 6.45) is 9.38. The Bertz CT molecular complexity index is 448. The van der Waals surface area contributed by atoms with Gasteiger partial charge in [0.1, 0.15) is 0 Å². The molecule has 0 aliphatic heterocycles. The molecule has 0 spiro atoms. The Morgan fingerprint density at radius 2 is 2.30 bits per heavy atom. The topological polar surface area (TPSA) is 56.2 Å². The number of carbonyl (C=O) groups excluding carboxylic acids is 1. The van der Waals surface area contributed by atoms with Gasteiger partial charge in [-0.1, -0.05) is 6.58 Å². The quantitative estimate of drug-likeness (QED) is 0.810. The number of nitrogens with zero attached hydrogens (tertiary/aromatic N) is 2. The summed E-state index contributed by atoms with van der Waals surface area (Å²) in [5.41, 5.74) is 1.15. The Morgan fingerprint density at radius 3 is 2.90 bits per heavy atom. The molecule has 5 heteroatoms. The molecule has 0 radical (unpaired) electrons. The molecule has 1 fully saturated rings. The second kappa shape index (κ2) is 7.24. The van der Waals surface area contributed by atoms with Gasteiger partial charge in [0, 0.05) is 30.5 Å². The summed E-state index contributed by atoms with van der Waals surface area (Å²) >= 11 is 0. The molecule has 1 saturated carbocycles. The summed E-state index contributed by atoms with van der Waals surface area (Å²) < 4.78 is 6.78. The number of ether oxygens (including phenoxy) is 1. The third kappa shape index (κ3) is 3.93. The summed E-state index contributed by atoms with van der Waals surface area (Å²) in [6, 6.07) is 0.479. The first-order valence-electron chi connectivity index (χ1n) is 7.28. The van der Waals surface area contributed by atoms with Gasteiger partial charge in [0.2, 0.25) is 0 Å². The molecule has 0 saturated heterocycles. The van der Waals surface area contributed by atoms with Crippen LogP contribution >= 0.6 is 0 Å². The molecule has 0 unspecified atom stereocenters. The molecule has 1 aromatic heterocycles. The van der Waals surface area contributed by atoms with Crippen LogP contribution in [0.15, 0.2) is 19.0 Å².